The Balaban J connectivity index is 3.22. The third-order valence-corrected chi connectivity index (χ3v) is 2.17. The summed E-state index contributed by atoms with van der Waals surface area (Å²) in [6.45, 7) is 4.34. The smallest absolute Gasteiger partial charge is 0.0456 e. The van der Waals surface area contributed by atoms with Crippen LogP contribution in [0, 0.1) is 12.3 Å². The Labute approximate surface area is 74.8 Å². The first-order valence-corrected chi connectivity index (χ1v) is 4.67. The fraction of sp³-hybridized carbons (Fsp3) is 0.889. The predicted molar refractivity (Wildman–Crippen MR) is 49.7 cm³/mol. The van der Waals surface area contributed by atoms with Gasteiger partial charge in [-0.3, -0.25) is 0 Å². The van der Waals surface area contributed by atoms with Crippen molar-refractivity contribution in [2.45, 2.75) is 38.5 Å². The van der Waals surface area contributed by atoms with E-state index >= 15 is 0 Å². The van der Waals surface area contributed by atoms with Crippen molar-refractivity contribution >= 4 is 11.6 Å². The van der Waals surface area contributed by atoms with Crippen molar-refractivity contribution < 1.29 is 5.11 Å². The van der Waals surface area contributed by atoms with Crippen molar-refractivity contribution in [3.05, 3.63) is 6.42 Å². The van der Waals surface area contributed by atoms with Crippen LogP contribution in [0.2, 0.25) is 0 Å². The van der Waals surface area contributed by atoms with Gasteiger partial charge in [0, 0.05) is 12.0 Å². The van der Waals surface area contributed by atoms with Crippen LogP contribution in [0.5, 0.6) is 0 Å². The zero-order valence-corrected chi connectivity index (χ0v) is 8.14. The fourth-order valence-corrected chi connectivity index (χ4v) is 1.23. The Bertz CT molecular complexity index is 85.6. The van der Waals surface area contributed by atoms with Gasteiger partial charge >= 0.3 is 0 Å². The maximum Gasteiger partial charge on any atom is 0.0456 e. The lowest BCUT2D eigenvalue weighted by Gasteiger charge is -2.10. The first-order chi connectivity index (χ1) is 5.20. The molecular weight excluding hydrogens is 160 g/mol. The van der Waals surface area contributed by atoms with Gasteiger partial charge in [-0.05, 0) is 31.6 Å². The molecule has 0 aliphatic rings. The lowest BCUT2D eigenvalue weighted by atomic mass is 10.0. The standard InChI is InChI=1S/C9H18ClO/c1-3-4-9(10)6-5-8(2)7-11/h3,8-9,11H,4-7H2,1-2H3. The van der Waals surface area contributed by atoms with E-state index in [4.69, 9.17) is 16.7 Å². The lowest BCUT2D eigenvalue weighted by molar-refractivity contribution is 0.228. The fourth-order valence-electron chi connectivity index (χ4n) is 0.930. The highest BCUT2D eigenvalue weighted by Gasteiger charge is 2.06. The minimum Gasteiger partial charge on any atom is -0.396 e. The SMILES string of the molecule is C[CH]CC(Cl)CCC(C)CO. The predicted octanol–water partition coefficient (Wildman–Crippen LogP) is 2.62. The number of halogens is 1. The highest BCUT2D eigenvalue weighted by atomic mass is 35.5. The summed E-state index contributed by atoms with van der Waals surface area (Å²) in [7, 11) is 0. The first-order valence-electron chi connectivity index (χ1n) is 4.23. The number of alkyl halides is 1. The summed E-state index contributed by atoms with van der Waals surface area (Å²) in [5.41, 5.74) is 0. The highest BCUT2D eigenvalue weighted by molar-refractivity contribution is 6.20. The van der Waals surface area contributed by atoms with E-state index in [1.165, 1.54) is 0 Å². The molecule has 0 aromatic carbocycles. The number of aliphatic hydroxyl groups excluding tert-OH is 1. The van der Waals surface area contributed by atoms with Crippen LogP contribution in [-0.4, -0.2) is 17.1 Å². The molecule has 0 heterocycles. The summed E-state index contributed by atoms with van der Waals surface area (Å²) in [4.78, 5) is 0. The summed E-state index contributed by atoms with van der Waals surface area (Å²) in [5, 5.41) is 8.98. The van der Waals surface area contributed by atoms with E-state index in [1.807, 2.05) is 13.8 Å². The van der Waals surface area contributed by atoms with E-state index in [0.29, 0.717) is 5.92 Å². The maximum absolute atomic E-state index is 8.73. The number of rotatable bonds is 6. The van der Waals surface area contributed by atoms with E-state index < -0.39 is 0 Å². The summed E-state index contributed by atoms with van der Waals surface area (Å²) in [6, 6.07) is 0. The van der Waals surface area contributed by atoms with Crippen LogP contribution in [0.25, 0.3) is 0 Å². The van der Waals surface area contributed by atoms with Crippen molar-refractivity contribution in [1.82, 2.24) is 0 Å². The van der Waals surface area contributed by atoms with Crippen LogP contribution in [0.3, 0.4) is 0 Å². The molecule has 2 unspecified atom stereocenters. The Morgan fingerprint density at radius 1 is 1.45 bits per heavy atom. The van der Waals surface area contributed by atoms with Crippen molar-refractivity contribution in [2.24, 2.45) is 5.92 Å². The molecule has 0 spiro atoms. The van der Waals surface area contributed by atoms with Gasteiger partial charge in [-0.1, -0.05) is 13.8 Å². The summed E-state index contributed by atoms with van der Waals surface area (Å²) < 4.78 is 0. The molecule has 0 saturated carbocycles. The molecule has 0 saturated heterocycles. The topological polar surface area (TPSA) is 20.2 Å². The Kier molecular flexibility index (Phi) is 7.09. The quantitative estimate of drug-likeness (QED) is 0.619. The summed E-state index contributed by atoms with van der Waals surface area (Å²) in [5.74, 6) is 0.396. The third kappa shape index (κ3) is 6.64. The van der Waals surface area contributed by atoms with Crippen molar-refractivity contribution in [1.29, 1.82) is 0 Å². The van der Waals surface area contributed by atoms with Gasteiger partial charge in [0.2, 0.25) is 0 Å². The number of hydrogen-bond acceptors (Lipinski definition) is 1. The molecule has 67 valence electrons. The molecule has 0 aromatic heterocycles. The van der Waals surface area contributed by atoms with Gasteiger partial charge < -0.3 is 5.11 Å². The van der Waals surface area contributed by atoms with Crippen molar-refractivity contribution in [3.63, 3.8) is 0 Å². The molecule has 0 aromatic rings. The molecule has 0 aliphatic carbocycles. The first kappa shape index (κ1) is 11.2. The van der Waals surface area contributed by atoms with Crippen LogP contribution < -0.4 is 0 Å². The van der Waals surface area contributed by atoms with Gasteiger partial charge in [-0.15, -0.1) is 11.6 Å². The van der Waals surface area contributed by atoms with Gasteiger partial charge in [0.25, 0.3) is 0 Å². The lowest BCUT2D eigenvalue weighted by Crippen LogP contribution is -2.05. The van der Waals surface area contributed by atoms with Crippen molar-refractivity contribution in [2.75, 3.05) is 6.61 Å². The van der Waals surface area contributed by atoms with Crippen molar-refractivity contribution in [3.8, 4) is 0 Å². The van der Waals surface area contributed by atoms with Crippen LogP contribution in [-0.2, 0) is 0 Å². The molecule has 0 amide bonds. The van der Waals surface area contributed by atoms with Crippen LogP contribution in [0.4, 0.5) is 0 Å². The molecule has 1 nitrogen and oxygen atoms in total. The molecule has 0 fully saturated rings. The molecule has 0 bridgehead atoms. The van der Waals surface area contributed by atoms with Gasteiger partial charge in [0.15, 0.2) is 0 Å². The second-order valence-electron chi connectivity index (χ2n) is 3.11. The average molecular weight is 178 g/mol. The van der Waals surface area contributed by atoms with Crippen LogP contribution in [0.15, 0.2) is 0 Å². The van der Waals surface area contributed by atoms with Gasteiger partial charge in [-0.2, -0.15) is 0 Å². The molecule has 2 heteroatoms. The van der Waals surface area contributed by atoms with Gasteiger partial charge in [0.1, 0.15) is 0 Å². The molecule has 1 radical (unpaired) electrons. The molecule has 2 atom stereocenters. The second-order valence-corrected chi connectivity index (χ2v) is 3.72. The van der Waals surface area contributed by atoms with E-state index in [1.54, 1.807) is 0 Å². The van der Waals surface area contributed by atoms with Gasteiger partial charge in [-0.25, -0.2) is 0 Å². The average Bonchev–Trinajstić information content (AvgIpc) is 2.01. The maximum atomic E-state index is 8.73. The zero-order chi connectivity index (χ0) is 8.69. The molecule has 0 aliphatic heterocycles. The third-order valence-electron chi connectivity index (χ3n) is 1.78. The Hall–Kier alpha value is 0.250. The number of aliphatic hydroxyl groups is 1. The minimum atomic E-state index is 0.258. The minimum absolute atomic E-state index is 0.258. The number of hydrogen-bond donors (Lipinski definition) is 1. The van der Waals surface area contributed by atoms with E-state index in [0.717, 1.165) is 19.3 Å². The Morgan fingerprint density at radius 2 is 2.09 bits per heavy atom. The monoisotopic (exact) mass is 177 g/mol. The van der Waals surface area contributed by atoms with E-state index in [2.05, 4.69) is 6.42 Å². The van der Waals surface area contributed by atoms with E-state index in [-0.39, 0.29) is 12.0 Å². The molecular formula is C9H18ClO. The molecule has 0 rings (SSSR count). The van der Waals surface area contributed by atoms with Crippen LogP contribution in [0.1, 0.15) is 33.1 Å². The summed E-state index contributed by atoms with van der Waals surface area (Å²) in [6.07, 6.45) is 5.09. The largest absolute Gasteiger partial charge is 0.396 e. The van der Waals surface area contributed by atoms with E-state index in [9.17, 15) is 0 Å². The summed E-state index contributed by atoms with van der Waals surface area (Å²) >= 11 is 5.97. The highest BCUT2D eigenvalue weighted by Crippen LogP contribution is 2.15. The van der Waals surface area contributed by atoms with Gasteiger partial charge in [0.05, 0.1) is 0 Å². The zero-order valence-electron chi connectivity index (χ0n) is 7.39. The molecule has 1 N–H and O–H groups in total. The second kappa shape index (κ2) is 6.93. The van der Waals surface area contributed by atoms with Crippen LogP contribution >= 0.6 is 11.6 Å². The molecule has 11 heavy (non-hydrogen) atoms. The normalized spacial score (nSPS) is 16.4. The Morgan fingerprint density at radius 3 is 2.55 bits per heavy atom.